The maximum absolute atomic E-state index is 10.8. The minimum atomic E-state index is -4.63. The van der Waals surface area contributed by atoms with Gasteiger partial charge in [0.1, 0.15) is 20.2 Å². The van der Waals surface area contributed by atoms with Crippen LogP contribution >= 0.6 is 0 Å². The third kappa shape index (κ3) is 36.7. The van der Waals surface area contributed by atoms with Gasteiger partial charge in [0.05, 0.1) is 0 Å². The second-order valence-electron chi connectivity index (χ2n) is 14.6. The maximum atomic E-state index is 10.8. The van der Waals surface area contributed by atoms with Gasteiger partial charge in [-0.2, -0.15) is 0 Å². The monoisotopic (exact) mass is 774 g/mol. The molecule has 0 bridgehead atoms. The largest absolute Gasteiger partial charge is 2.00 e. The third-order valence-electron chi connectivity index (χ3n) is 9.38. The summed E-state index contributed by atoms with van der Waals surface area (Å²) in [6.45, 7) is 6.67. The summed E-state index contributed by atoms with van der Waals surface area (Å²) in [5.41, 5.74) is 0. The van der Waals surface area contributed by atoms with Crippen molar-refractivity contribution >= 4 is 43.3 Å². The molecule has 0 aromatic heterocycles. The zero-order valence-electron chi connectivity index (χ0n) is 33.4. The van der Waals surface area contributed by atoms with Crippen molar-refractivity contribution in [1.82, 2.24) is 0 Å². The van der Waals surface area contributed by atoms with E-state index in [0.29, 0.717) is 12.8 Å². The van der Waals surface area contributed by atoms with Gasteiger partial charge < -0.3 is 19.3 Å². The van der Waals surface area contributed by atoms with Gasteiger partial charge in [0.2, 0.25) is 0 Å². The van der Waals surface area contributed by atoms with E-state index in [4.69, 9.17) is 0 Å². The molecule has 0 aliphatic heterocycles. The Morgan fingerprint density at radius 2 is 0.608 bits per heavy atom. The summed E-state index contributed by atoms with van der Waals surface area (Å²) >= 11 is 0. The summed E-state index contributed by atoms with van der Waals surface area (Å²) in [6.07, 6.45) is 42.0. The van der Waals surface area contributed by atoms with Crippen LogP contribution in [0.3, 0.4) is 0 Å². The van der Waals surface area contributed by atoms with E-state index in [1.54, 1.807) is 0 Å². The third-order valence-corrected chi connectivity index (χ3v) is 11.9. The predicted octanol–water partition coefficient (Wildman–Crippen LogP) is 11.0. The average molecular weight is 775 g/mol. The molecule has 2 unspecified atom stereocenters. The smallest absolute Gasteiger partial charge is 0.746 e. The fraction of sp³-hybridized carbons (Fsp3) is 0.900. The van der Waals surface area contributed by atoms with Crippen molar-refractivity contribution in [1.29, 1.82) is 0 Å². The molecule has 8 nitrogen and oxygen atoms in total. The van der Waals surface area contributed by atoms with Crippen LogP contribution in [0.25, 0.3) is 0 Å². The fourth-order valence-corrected chi connectivity index (χ4v) is 6.44. The van der Waals surface area contributed by atoms with Crippen molar-refractivity contribution in [2.75, 3.05) is 0 Å². The van der Waals surface area contributed by atoms with E-state index in [1.807, 2.05) is 0 Å². The van der Waals surface area contributed by atoms with Crippen LogP contribution in [0.5, 0.6) is 0 Å². The molecule has 0 aliphatic rings. The second kappa shape index (κ2) is 35.7. The topological polar surface area (TPSA) is 155 Å². The predicted molar refractivity (Wildman–Crippen MR) is 215 cm³/mol. The minimum absolute atomic E-state index is 0. The van der Waals surface area contributed by atoms with Crippen LogP contribution in [-0.2, 0) is 20.2 Å². The van der Waals surface area contributed by atoms with Crippen molar-refractivity contribution in [3.63, 3.8) is 0 Å². The van der Waals surface area contributed by atoms with Crippen molar-refractivity contribution in [3.05, 3.63) is 24.3 Å². The minimum Gasteiger partial charge on any atom is -0.746 e. The summed E-state index contributed by atoms with van der Waals surface area (Å²) in [7, 11) is -9.25. The van der Waals surface area contributed by atoms with E-state index < -0.39 is 30.1 Å². The second-order valence-corrected chi connectivity index (χ2v) is 18.2. The Morgan fingerprint density at radius 1 is 0.412 bits per heavy atom. The van der Waals surface area contributed by atoms with Crippen LogP contribution < -0.4 is 0 Å². The first-order valence-corrected chi connectivity index (χ1v) is 23.1. The van der Waals surface area contributed by atoms with Crippen LogP contribution in [0.4, 0.5) is 0 Å². The number of hydrogen-bond acceptors (Lipinski definition) is 8. The Balaban J connectivity index is -0.000000886. The van der Waals surface area contributed by atoms with Gasteiger partial charge >= 0.3 is 23.1 Å². The number of hydrogen-bond donors (Lipinski definition) is 2. The standard InChI is InChI=1S/2C20H40O4S.Mg/c2*1-3-4-5-6-7-8-9-10-11-12-13-14-15-16-17-18-19-20(2,21)25(22,23)24;/h2*10-11,21H,3-9,12-19H2,1-2H3,(H,22,23,24);/q;;+2/p-2/b2*11-10-;. The molecule has 0 amide bonds. The van der Waals surface area contributed by atoms with Gasteiger partial charge in [0, 0.05) is 0 Å². The fourth-order valence-electron chi connectivity index (χ4n) is 5.65. The van der Waals surface area contributed by atoms with E-state index >= 15 is 0 Å². The number of unbranched alkanes of at least 4 members (excludes halogenated alkanes) is 24. The molecule has 0 spiro atoms. The first kappa shape index (κ1) is 55.3. The normalized spacial score (nSPS) is 14.6. The molecule has 0 heterocycles. The van der Waals surface area contributed by atoms with Crippen molar-refractivity contribution in [2.45, 2.75) is 230 Å². The molecule has 11 heteroatoms. The Morgan fingerprint density at radius 3 is 0.824 bits per heavy atom. The zero-order valence-corrected chi connectivity index (χ0v) is 36.4. The summed E-state index contributed by atoms with van der Waals surface area (Å²) < 4.78 is 65.0. The van der Waals surface area contributed by atoms with Crippen LogP contribution in [0.1, 0.15) is 220 Å². The maximum Gasteiger partial charge on any atom is 2.00 e. The molecule has 2 N–H and O–H groups in total. The molecule has 0 radical (unpaired) electrons. The molecule has 51 heavy (non-hydrogen) atoms. The SMILES string of the molecule is CCCCCCCC/C=C\CCCCCCCCC(C)(O)S(=O)(=O)[O-].CCCCCCCC/C=C\CCCCCCCCC(C)(O)S(=O)(=O)[O-].[Mg+2]. The molecule has 0 saturated heterocycles. The van der Waals surface area contributed by atoms with Crippen molar-refractivity contribution in [3.8, 4) is 0 Å². The van der Waals surface area contributed by atoms with E-state index in [2.05, 4.69) is 38.2 Å². The van der Waals surface area contributed by atoms with Crippen molar-refractivity contribution in [2.24, 2.45) is 0 Å². The summed E-state index contributed by atoms with van der Waals surface area (Å²) in [6, 6.07) is 0. The van der Waals surface area contributed by atoms with Crippen LogP contribution in [-0.4, -0.2) is 69.1 Å². The quantitative estimate of drug-likeness (QED) is 0.0283. The van der Waals surface area contributed by atoms with Gasteiger partial charge in [0.15, 0.2) is 9.87 Å². The Bertz CT molecular complexity index is 943. The molecule has 0 aromatic carbocycles. The van der Waals surface area contributed by atoms with Gasteiger partial charge in [-0.05, 0) is 90.9 Å². The Labute approximate surface area is 332 Å². The number of allylic oxidation sites excluding steroid dienone is 4. The van der Waals surface area contributed by atoms with Crippen LogP contribution in [0.2, 0.25) is 0 Å². The molecule has 0 saturated carbocycles. The molecule has 0 fully saturated rings. The van der Waals surface area contributed by atoms with Gasteiger partial charge in [-0.1, -0.05) is 154 Å². The van der Waals surface area contributed by atoms with E-state index in [-0.39, 0.29) is 35.9 Å². The number of rotatable bonds is 34. The number of aliphatic hydroxyl groups is 2. The Hall–Kier alpha value is -0.0138. The first-order chi connectivity index (χ1) is 23.6. The molecule has 0 aliphatic carbocycles. The molecule has 0 rings (SSSR count). The summed E-state index contributed by atoms with van der Waals surface area (Å²) in [5, 5.41) is 19.1. The van der Waals surface area contributed by atoms with Gasteiger partial charge in [-0.25, -0.2) is 16.8 Å². The van der Waals surface area contributed by atoms with E-state index in [1.165, 1.54) is 116 Å². The van der Waals surface area contributed by atoms with Gasteiger partial charge in [-0.3, -0.25) is 0 Å². The Kier molecular flexibility index (Phi) is 38.7. The molecule has 0 aromatic rings. The van der Waals surface area contributed by atoms with Crippen LogP contribution in [0.15, 0.2) is 24.3 Å². The average Bonchev–Trinajstić information content (AvgIpc) is 3.03. The molecular formula is C40H78MgO8S2. The van der Waals surface area contributed by atoms with Gasteiger partial charge in [0.25, 0.3) is 0 Å². The van der Waals surface area contributed by atoms with E-state index in [9.17, 15) is 36.2 Å². The molecule has 2 atom stereocenters. The van der Waals surface area contributed by atoms with Crippen molar-refractivity contribution < 1.29 is 36.2 Å². The molecular weight excluding hydrogens is 697 g/mol. The summed E-state index contributed by atoms with van der Waals surface area (Å²) in [5.74, 6) is 0. The van der Waals surface area contributed by atoms with Crippen LogP contribution in [0, 0.1) is 0 Å². The zero-order chi connectivity index (χ0) is 38.0. The summed E-state index contributed by atoms with van der Waals surface area (Å²) in [4.78, 5) is -4.23. The first-order valence-electron chi connectivity index (χ1n) is 20.3. The molecule has 300 valence electrons. The van der Waals surface area contributed by atoms with Gasteiger partial charge in [-0.15, -0.1) is 0 Å². The van der Waals surface area contributed by atoms with E-state index in [0.717, 1.165) is 65.2 Å².